The van der Waals surface area contributed by atoms with E-state index in [1.165, 1.54) is 11.8 Å². The van der Waals surface area contributed by atoms with E-state index in [1.807, 2.05) is 50.2 Å². The number of benzene rings is 2. The molecule has 1 heterocycles. The number of nitrogens with zero attached hydrogens (tertiary/aromatic N) is 2. The molecule has 0 bridgehead atoms. The molecule has 3 rings (SSSR count). The molecule has 1 N–H and O–H groups in total. The fourth-order valence-electron chi connectivity index (χ4n) is 2.69. The van der Waals surface area contributed by atoms with Gasteiger partial charge in [-0.3, -0.25) is 4.79 Å². The van der Waals surface area contributed by atoms with Crippen LogP contribution in [0.2, 0.25) is 0 Å². The van der Waals surface area contributed by atoms with Crippen LogP contribution in [-0.2, 0) is 4.79 Å². The number of nitrogens with one attached hydrogen (secondary N) is 1. The maximum atomic E-state index is 12.2. The number of carbonyl (C=O) groups excluding carboxylic acids is 1. The molecule has 0 aliphatic carbocycles. The molecule has 6 heteroatoms. The van der Waals surface area contributed by atoms with Crippen molar-refractivity contribution in [3.8, 4) is 6.07 Å². The Kier molecular flexibility index (Phi) is 5.60. The van der Waals surface area contributed by atoms with E-state index in [1.54, 1.807) is 0 Å². The summed E-state index contributed by atoms with van der Waals surface area (Å²) >= 11 is 4.68. The van der Waals surface area contributed by atoms with Gasteiger partial charge >= 0.3 is 0 Å². The Morgan fingerprint density at radius 3 is 2.77 bits per heavy atom. The molecule has 1 aromatic heterocycles. The number of aromatic nitrogens is 1. The van der Waals surface area contributed by atoms with Crippen LogP contribution in [0.4, 0.5) is 5.69 Å². The first kappa shape index (κ1) is 18.4. The van der Waals surface area contributed by atoms with Gasteiger partial charge in [0, 0.05) is 9.86 Å². The molecule has 0 radical (unpaired) electrons. The molecule has 2 aromatic carbocycles. The number of halogens is 1. The average molecular weight is 426 g/mol. The van der Waals surface area contributed by atoms with Gasteiger partial charge in [-0.15, -0.1) is 0 Å². The highest BCUT2D eigenvalue weighted by Gasteiger charge is 2.12. The van der Waals surface area contributed by atoms with Gasteiger partial charge in [-0.1, -0.05) is 30.0 Å². The SMILES string of the molecule is Cc1cc(C)c2cc(C#N)c(SCC(=O)Nc3ccccc3Br)nc2c1. The summed E-state index contributed by atoms with van der Waals surface area (Å²) in [5.74, 6) is 0.0346. The number of para-hydroxylation sites is 1. The van der Waals surface area contributed by atoms with Crippen LogP contribution in [-0.4, -0.2) is 16.6 Å². The fraction of sp³-hybridized carbons (Fsp3) is 0.150. The minimum Gasteiger partial charge on any atom is -0.324 e. The molecule has 0 saturated heterocycles. The van der Waals surface area contributed by atoms with Crippen LogP contribution >= 0.6 is 27.7 Å². The molecule has 0 fully saturated rings. The molecule has 1 amide bonds. The number of hydrogen-bond donors (Lipinski definition) is 1. The highest BCUT2D eigenvalue weighted by Crippen LogP contribution is 2.28. The van der Waals surface area contributed by atoms with Crippen molar-refractivity contribution in [1.82, 2.24) is 4.98 Å². The van der Waals surface area contributed by atoms with Gasteiger partial charge in [0.15, 0.2) is 0 Å². The van der Waals surface area contributed by atoms with E-state index in [0.717, 1.165) is 32.2 Å². The maximum absolute atomic E-state index is 12.2. The lowest BCUT2D eigenvalue weighted by Gasteiger charge is -2.09. The topological polar surface area (TPSA) is 65.8 Å². The van der Waals surface area contributed by atoms with Crippen molar-refractivity contribution in [1.29, 1.82) is 5.26 Å². The number of rotatable bonds is 4. The molecule has 0 aliphatic rings. The Bertz CT molecular complexity index is 1040. The molecule has 130 valence electrons. The minimum absolute atomic E-state index is 0.145. The zero-order chi connectivity index (χ0) is 18.7. The third-order valence-corrected chi connectivity index (χ3v) is 5.54. The summed E-state index contributed by atoms with van der Waals surface area (Å²) in [6.45, 7) is 4.03. The van der Waals surface area contributed by atoms with Gasteiger partial charge in [-0.25, -0.2) is 4.98 Å². The quantitative estimate of drug-likeness (QED) is 0.582. The lowest BCUT2D eigenvalue weighted by atomic mass is 10.1. The molecular formula is C20H16BrN3OS. The predicted molar refractivity (Wildman–Crippen MR) is 109 cm³/mol. The van der Waals surface area contributed by atoms with Crippen LogP contribution in [0.15, 0.2) is 52.0 Å². The van der Waals surface area contributed by atoms with Gasteiger partial charge in [0.2, 0.25) is 5.91 Å². The van der Waals surface area contributed by atoms with Gasteiger partial charge in [0.25, 0.3) is 0 Å². The second kappa shape index (κ2) is 7.90. The van der Waals surface area contributed by atoms with Crippen molar-refractivity contribution in [3.05, 3.63) is 63.6 Å². The third kappa shape index (κ3) is 4.06. The summed E-state index contributed by atoms with van der Waals surface area (Å²) in [6, 6.07) is 15.5. The van der Waals surface area contributed by atoms with Gasteiger partial charge in [0.1, 0.15) is 11.1 Å². The van der Waals surface area contributed by atoms with Gasteiger partial charge in [-0.05, 0) is 65.2 Å². The van der Waals surface area contributed by atoms with Crippen molar-refractivity contribution < 1.29 is 4.79 Å². The van der Waals surface area contributed by atoms with Gasteiger partial charge < -0.3 is 5.32 Å². The van der Waals surface area contributed by atoms with E-state index in [9.17, 15) is 10.1 Å². The summed E-state index contributed by atoms with van der Waals surface area (Å²) in [5, 5.41) is 13.8. The summed E-state index contributed by atoms with van der Waals surface area (Å²) in [5.41, 5.74) is 4.26. The molecule has 0 aliphatic heterocycles. The molecule has 3 aromatic rings. The van der Waals surface area contributed by atoms with E-state index in [4.69, 9.17) is 0 Å². The standard InChI is InChI=1S/C20H16BrN3OS/c1-12-7-13(2)15-9-14(10-22)20(24-18(15)8-12)26-11-19(25)23-17-6-4-3-5-16(17)21/h3-9H,11H2,1-2H3,(H,23,25). The number of thioether (sulfide) groups is 1. The molecule has 0 unspecified atom stereocenters. The Morgan fingerprint density at radius 2 is 2.04 bits per heavy atom. The van der Waals surface area contributed by atoms with Crippen LogP contribution in [0.1, 0.15) is 16.7 Å². The summed E-state index contributed by atoms with van der Waals surface area (Å²) in [7, 11) is 0. The van der Waals surface area contributed by atoms with Crippen LogP contribution in [0, 0.1) is 25.2 Å². The fourth-order valence-corrected chi connectivity index (χ4v) is 3.83. The number of fused-ring (bicyclic) bond motifs is 1. The predicted octanol–water partition coefficient (Wildman–Crippen LogP) is 5.22. The monoisotopic (exact) mass is 425 g/mol. The number of anilines is 1. The van der Waals surface area contributed by atoms with Crippen LogP contribution in [0.3, 0.4) is 0 Å². The normalized spacial score (nSPS) is 10.5. The summed E-state index contributed by atoms with van der Waals surface area (Å²) < 4.78 is 0.825. The zero-order valence-corrected chi connectivity index (χ0v) is 16.7. The third-order valence-electron chi connectivity index (χ3n) is 3.86. The summed E-state index contributed by atoms with van der Waals surface area (Å²) in [6.07, 6.45) is 0. The van der Waals surface area contributed by atoms with Crippen molar-refractivity contribution >= 4 is 50.2 Å². The van der Waals surface area contributed by atoms with Crippen molar-refractivity contribution in [2.24, 2.45) is 0 Å². The maximum Gasteiger partial charge on any atom is 0.234 e. The minimum atomic E-state index is -0.145. The number of nitriles is 1. The van der Waals surface area contributed by atoms with Crippen LogP contribution in [0.25, 0.3) is 10.9 Å². The Hall–Kier alpha value is -2.36. The van der Waals surface area contributed by atoms with Crippen molar-refractivity contribution in [3.63, 3.8) is 0 Å². The molecule has 4 nitrogen and oxygen atoms in total. The number of aryl methyl sites for hydroxylation is 2. The van der Waals surface area contributed by atoms with Crippen molar-refractivity contribution in [2.45, 2.75) is 18.9 Å². The number of carbonyl (C=O) groups is 1. The Balaban J connectivity index is 1.81. The lowest BCUT2D eigenvalue weighted by molar-refractivity contribution is -0.113. The van der Waals surface area contributed by atoms with Crippen molar-refractivity contribution in [2.75, 3.05) is 11.1 Å². The molecular weight excluding hydrogens is 410 g/mol. The van der Waals surface area contributed by atoms with E-state index in [2.05, 4.69) is 38.4 Å². The highest BCUT2D eigenvalue weighted by atomic mass is 79.9. The largest absolute Gasteiger partial charge is 0.324 e. The average Bonchev–Trinajstić information content (AvgIpc) is 2.61. The van der Waals surface area contributed by atoms with E-state index in [0.29, 0.717) is 10.6 Å². The first-order chi connectivity index (χ1) is 12.5. The summed E-state index contributed by atoms with van der Waals surface area (Å²) in [4.78, 5) is 16.9. The highest BCUT2D eigenvalue weighted by molar-refractivity contribution is 9.10. The number of pyridine rings is 1. The molecule has 0 atom stereocenters. The van der Waals surface area contributed by atoms with Crippen LogP contribution < -0.4 is 5.32 Å². The van der Waals surface area contributed by atoms with E-state index < -0.39 is 0 Å². The zero-order valence-electron chi connectivity index (χ0n) is 14.3. The molecule has 0 spiro atoms. The smallest absolute Gasteiger partial charge is 0.234 e. The first-order valence-corrected chi connectivity index (χ1v) is 9.75. The Labute approximate surface area is 164 Å². The molecule has 26 heavy (non-hydrogen) atoms. The van der Waals surface area contributed by atoms with E-state index >= 15 is 0 Å². The Morgan fingerprint density at radius 1 is 1.27 bits per heavy atom. The first-order valence-electron chi connectivity index (χ1n) is 7.97. The second-order valence-corrected chi connectivity index (χ2v) is 7.74. The van der Waals surface area contributed by atoms with Crippen LogP contribution in [0.5, 0.6) is 0 Å². The van der Waals surface area contributed by atoms with Gasteiger partial charge in [0.05, 0.1) is 22.5 Å². The number of hydrogen-bond acceptors (Lipinski definition) is 4. The second-order valence-electron chi connectivity index (χ2n) is 5.92. The number of amides is 1. The van der Waals surface area contributed by atoms with Gasteiger partial charge in [-0.2, -0.15) is 5.26 Å². The van der Waals surface area contributed by atoms with E-state index in [-0.39, 0.29) is 11.7 Å². The molecule has 0 saturated carbocycles. The lowest BCUT2D eigenvalue weighted by Crippen LogP contribution is -2.14.